The Morgan fingerprint density at radius 2 is 2.15 bits per heavy atom. The topological polar surface area (TPSA) is 59.0 Å². The highest BCUT2D eigenvalue weighted by Gasteiger charge is 2.46. The van der Waals surface area contributed by atoms with Gasteiger partial charge in [0.1, 0.15) is 18.0 Å². The zero-order valence-corrected chi connectivity index (χ0v) is 15.7. The van der Waals surface area contributed by atoms with Crippen molar-refractivity contribution in [2.45, 2.75) is 44.8 Å². The molecule has 3 heterocycles. The summed E-state index contributed by atoms with van der Waals surface area (Å²) in [6.45, 7) is 10.5. The lowest BCUT2D eigenvalue weighted by Gasteiger charge is -2.50. The number of rotatable bonds is 7. The fourth-order valence-corrected chi connectivity index (χ4v) is 3.96. The molecule has 0 aromatic heterocycles. The molecular formula is C21H29NO4. The van der Waals surface area contributed by atoms with Gasteiger partial charge in [0, 0.05) is 6.54 Å². The number of nitrogens with zero attached hydrogens (tertiary/aromatic N) is 1. The summed E-state index contributed by atoms with van der Waals surface area (Å²) >= 11 is 0. The largest absolute Gasteiger partial charge is 0.490 e. The maximum atomic E-state index is 12.1. The van der Waals surface area contributed by atoms with Crippen molar-refractivity contribution in [3.05, 3.63) is 42.0 Å². The Balaban J connectivity index is 1.72. The molecule has 1 atom stereocenters. The molecule has 26 heavy (non-hydrogen) atoms. The van der Waals surface area contributed by atoms with Gasteiger partial charge in [0.15, 0.2) is 0 Å². The summed E-state index contributed by atoms with van der Waals surface area (Å²) in [6.07, 6.45) is 4.26. The second-order valence-corrected chi connectivity index (χ2v) is 7.71. The normalized spacial score (nSPS) is 27.4. The Hall–Kier alpha value is -1.85. The number of carbonyl (C=O) groups excluding carboxylic acids is 1. The van der Waals surface area contributed by atoms with Crippen molar-refractivity contribution in [1.82, 2.24) is 4.90 Å². The number of fused-ring (bicyclic) bond motifs is 3. The van der Waals surface area contributed by atoms with E-state index in [4.69, 9.17) is 9.47 Å². The van der Waals surface area contributed by atoms with Crippen molar-refractivity contribution < 1.29 is 19.4 Å². The molecule has 0 saturated carbocycles. The maximum absolute atomic E-state index is 12.1. The summed E-state index contributed by atoms with van der Waals surface area (Å²) in [4.78, 5) is 14.4. The van der Waals surface area contributed by atoms with E-state index in [1.807, 2.05) is 13.8 Å². The van der Waals surface area contributed by atoms with E-state index >= 15 is 0 Å². The Kier molecular flexibility index (Phi) is 5.68. The van der Waals surface area contributed by atoms with Gasteiger partial charge in [-0.25, -0.2) is 4.79 Å². The van der Waals surface area contributed by atoms with E-state index in [9.17, 15) is 9.90 Å². The smallest absolute Gasteiger partial charge is 0.338 e. The average Bonchev–Trinajstić information content (AvgIpc) is 2.61. The number of hydrogen-bond acceptors (Lipinski definition) is 5. The summed E-state index contributed by atoms with van der Waals surface area (Å²) in [7, 11) is 0. The standard InChI is InChI=1S/C21H29NO4/c1-4-5-16-12-17(20(23)26-15(2)3)6-7-19(16)25-14-21(24)13-22-10-8-18(21)9-11-22/h4,6-7,12,15,18,24H,1,5,8-11,13-14H2,2-3H3. The summed E-state index contributed by atoms with van der Waals surface area (Å²) in [5, 5.41) is 11.0. The van der Waals surface area contributed by atoms with Crippen LogP contribution in [0.5, 0.6) is 5.75 Å². The Morgan fingerprint density at radius 1 is 1.42 bits per heavy atom. The molecule has 0 aliphatic carbocycles. The fourth-order valence-electron chi connectivity index (χ4n) is 3.96. The van der Waals surface area contributed by atoms with Crippen molar-refractivity contribution in [3.8, 4) is 5.75 Å². The van der Waals surface area contributed by atoms with Gasteiger partial charge >= 0.3 is 5.97 Å². The highest BCUT2D eigenvalue weighted by Crippen LogP contribution is 2.36. The second-order valence-electron chi connectivity index (χ2n) is 7.71. The first kappa shape index (κ1) is 18.9. The van der Waals surface area contributed by atoms with Crippen LogP contribution < -0.4 is 4.74 Å². The second kappa shape index (κ2) is 7.80. The lowest BCUT2D eigenvalue weighted by atomic mass is 9.76. The third kappa shape index (κ3) is 4.10. The van der Waals surface area contributed by atoms with E-state index in [0.717, 1.165) is 31.5 Å². The quantitative estimate of drug-likeness (QED) is 0.599. The third-order valence-electron chi connectivity index (χ3n) is 5.33. The zero-order chi connectivity index (χ0) is 18.7. The van der Waals surface area contributed by atoms with Crippen LogP contribution in [0.2, 0.25) is 0 Å². The van der Waals surface area contributed by atoms with Gasteiger partial charge in [-0.15, -0.1) is 6.58 Å². The van der Waals surface area contributed by atoms with Gasteiger partial charge in [-0.1, -0.05) is 6.08 Å². The van der Waals surface area contributed by atoms with Crippen LogP contribution in [0.15, 0.2) is 30.9 Å². The van der Waals surface area contributed by atoms with Crippen LogP contribution in [0.4, 0.5) is 0 Å². The van der Waals surface area contributed by atoms with Crippen LogP contribution >= 0.6 is 0 Å². The molecule has 3 aliphatic heterocycles. The predicted octanol–water partition coefficient (Wildman–Crippen LogP) is 2.82. The Morgan fingerprint density at radius 3 is 2.73 bits per heavy atom. The minimum absolute atomic E-state index is 0.160. The van der Waals surface area contributed by atoms with Gasteiger partial charge in [0.05, 0.1) is 11.7 Å². The van der Waals surface area contributed by atoms with Crippen LogP contribution in [0.3, 0.4) is 0 Å². The van der Waals surface area contributed by atoms with Gasteiger partial charge < -0.3 is 19.5 Å². The van der Waals surface area contributed by atoms with Crippen LogP contribution in [-0.2, 0) is 11.2 Å². The van der Waals surface area contributed by atoms with E-state index in [1.54, 1.807) is 24.3 Å². The van der Waals surface area contributed by atoms with E-state index in [-0.39, 0.29) is 18.7 Å². The molecule has 3 fully saturated rings. The van der Waals surface area contributed by atoms with E-state index in [2.05, 4.69) is 11.5 Å². The zero-order valence-electron chi connectivity index (χ0n) is 15.7. The highest BCUT2D eigenvalue weighted by atomic mass is 16.5. The van der Waals surface area contributed by atoms with Gasteiger partial charge in [0.2, 0.25) is 0 Å². The van der Waals surface area contributed by atoms with Crippen molar-refractivity contribution in [2.24, 2.45) is 5.92 Å². The number of benzene rings is 1. The van der Waals surface area contributed by atoms with Crippen LogP contribution in [0.1, 0.15) is 42.6 Å². The van der Waals surface area contributed by atoms with E-state index in [1.165, 1.54) is 0 Å². The molecule has 1 aromatic carbocycles. The highest BCUT2D eigenvalue weighted by molar-refractivity contribution is 5.90. The summed E-state index contributed by atoms with van der Waals surface area (Å²) < 4.78 is 11.3. The molecule has 5 heteroatoms. The third-order valence-corrected chi connectivity index (χ3v) is 5.33. The minimum atomic E-state index is -0.794. The van der Waals surface area contributed by atoms with E-state index < -0.39 is 5.60 Å². The van der Waals surface area contributed by atoms with Crippen LogP contribution in [0, 0.1) is 5.92 Å². The van der Waals surface area contributed by atoms with Crippen molar-refractivity contribution >= 4 is 5.97 Å². The molecule has 4 rings (SSSR count). The van der Waals surface area contributed by atoms with Gasteiger partial charge in [0.25, 0.3) is 0 Å². The number of carbonyl (C=O) groups is 1. The first-order valence-corrected chi connectivity index (χ1v) is 9.43. The summed E-state index contributed by atoms with van der Waals surface area (Å²) in [5.74, 6) is 0.652. The molecule has 5 nitrogen and oxygen atoms in total. The number of ether oxygens (including phenoxy) is 2. The molecule has 142 valence electrons. The number of hydrogen-bond donors (Lipinski definition) is 1. The van der Waals surface area contributed by atoms with Crippen molar-refractivity contribution in [1.29, 1.82) is 0 Å². The van der Waals surface area contributed by atoms with Crippen molar-refractivity contribution in [3.63, 3.8) is 0 Å². The van der Waals surface area contributed by atoms with E-state index in [0.29, 0.717) is 30.2 Å². The molecule has 1 unspecified atom stereocenters. The van der Waals surface area contributed by atoms with Crippen LogP contribution in [0.25, 0.3) is 0 Å². The predicted molar refractivity (Wildman–Crippen MR) is 101 cm³/mol. The number of esters is 1. The Bertz CT molecular complexity index is 664. The summed E-state index contributed by atoms with van der Waals surface area (Å²) in [5.41, 5.74) is 0.588. The first-order valence-electron chi connectivity index (χ1n) is 9.43. The molecule has 1 aromatic rings. The van der Waals surface area contributed by atoms with Gasteiger partial charge in [-0.3, -0.25) is 0 Å². The van der Waals surface area contributed by atoms with Gasteiger partial charge in [-0.2, -0.15) is 0 Å². The lowest BCUT2D eigenvalue weighted by molar-refractivity contribution is -0.131. The first-order chi connectivity index (χ1) is 12.4. The van der Waals surface area contributed by atoms with Crippen LogP contribution in [-0.4, -0.2) is 53.9 Å². The summed E-state index contributed by atoms with van der Waals surface area (Å²) in [6, 6.07) is 5.30. The fraction of sp³-hybridized carbons (Fsp3) is 0.571. The number of piperidine rings is 3. The molecule has 3 saturated heterocycles. The lowest BCUT2D eigenvalue weighted by Crippen LogP contribution is -2.61. The average molecular weight is 359 g/mol. The molecule has 1 N–H and O–H groups in total. The number of aliphatic hydroxyl groups is 1. The molecule has 0 spiro atoms. The van der Waals surface area contributed by atoms with Crippen molar-refractivity contribution in [2.75, 3.05) is 26.2 Å². The monoisotopic (exact) mass is 359 g/mol. The van der Waals surface area contributed by atoms with Gasteiger partial charge in [-0.05, 0) is 75.9 Å². The molecule has 3 aliphatic rings. The molecular weight excluding hydrogens is 330 g/mol. The maximum Gasteiger partial charge on any atom is 0.338 e. The SMILES string of the molecule is C=CCc1cc(C(=O)OC(C)C)ccc1OCC1(O)CN2CCC1CC2. The minimum Gasteiger partial charge on any atom is -0.490 e. The number of allylic oxidation sites excluding steroid dienone is 1. The Labute approximate surface area is 155 Å². The molecule has 2 bridgehead atoms. The molecule has 0 radical (unpaired) electrons. The molecule has 0 amide bonds.